The van der Waals surface area contributed by atoms with Crippen molar-refractivity contribution in [1.29, 1.82) is 0 Å². The van der Waals surface area contributed by atoms with Gasteiger partial charge < -0.3 is 31.2 Å². The van der Waals surface area contributed by atoms with Gasteiger partial charge in [-0.2, -0.15) is 0 Å². The lowest BCUT2D eigenvalue weighted by Crippen LogP contribution is -2.54. The number of likely N-dealkylation sites (tertiary alicyclic amines) is 1. The Morgan fingerprint density at radius 1 is 1.33 bits per heavy atom. The molecule has 11 heteroatoms. The second-order valence-corrected chi connectivity index (χ2v) is 7.38. The molecule has 1 aromatic carbocycles. The molecule has 1 saturated heterocycles. The Morgan fingerprint density at radius 2 is 2.03 bits per heavy atom. The maximum absolute atomic E-state index is 12.8. The molecule has 30 heavy (non-hydrogen) atoms. The average Bonchev–Trinajstić information content (AvgIpc) is 3.18. The minimum atomic E-state index is -1.23. The van der Waals surface area contributed by atoms with Crippen LogP contribution in [0, 0.1) is 0 Å². The van der Waals surface area contributed by atoms with Crippen LogP contribution in [0.25, 0.3) is 0 Å². The number of nitrogen functional groups attached to an aromatic ring is 1. The summed E-state index contributed by atoms with van der Waals surface area (Å²) in [4.78, 5) is 60.7. The summed E-state index contributed by atoms with van der Waals surface area (Å²) in [5, 5.41) is 14.0. The standard InChI is InChI=1S/C19H23ClN4O6/c1-10(22-17(28)11-4-5-13(20)14(21)7-11)19(30)24-6-2-3-15(24)18(29)23-12(9-25)8-16(26)27/h4-5,7,9-10,12,15H,2-3,6,8,21H2,1H3,(H,22,28)(H,23,29)(H,26,27)/t10?,12-,15?/m0/s1. The first-order valence-corrected chi connectivity index (χ1v) is 9.65. The number of nitrogens with one attached hydrogen (secondary N) is 2. The predicted molar refractivity (Wildman–Crippen MR) is 108 cm³/mol. The van der Waals surface area contributed by atoms with E-state index in [0.29, 0.717) is 30.7 Å². The second kappa shape index (κ2) is 10.1. The topological polar surface area (TPSA) is 159 Å². The van der Waals surface area contributed by atoms with Gasteiger partial charge in [-0.3, -0.25) is 19.2 Å². The van der Waals surface area contributed by atoms with Crippen LogP contribution >= 0.6 is 11.6 Å². The molecule has 0 aliphatic carbocycles. The summed E-state index contributed by atoms with van der Waals surface area (Å²) in [6.45, 7) is 1.79. The monoisotopic (exact) mass is 438 g/mol. The smallest absolute Gasteiger partial charge is 0.305 e. The number of halogens is 1. The van der Waals surface area contributed by atoms with E-state index in [9.17, 15) is 24.0 Å². The molecule has 0 aromatic heterocycles. The van der Waals surface area contributed by atoms with E-state index in [1.165, 1.54) is 30.0 Å². The van der Waals surface area contributed by atoms with Crippen LogP contribution in [0.5, 0.6) is 0 Å². The third-order valence-corrected chi connectivity index (χ3v) is 5.05. The minimum Gasteiger partial charge on any atom is -0.481 e. The molecule has 162 valence electrons. The fraction of sp³-hybridized carbons (Fsp3) is 0.421. The number of nitrogens with zero attached hydrogens (tertiary/aromatic N) is 1. The molecule has 2 rings (SSSR count). The van der Waals surface area contributed by atoms with Crippen molar-refractivity contribution >= 4 is 47.3 Å². The van der Waals surface area contributed by atoms with Crippen LogP contribution in [0.1, 0.15) is 36.5 Å². The predicted octanol–water partition coefficient (Wildman–Crippen LogP) is 0.190. The molecule has 0 radical (unpaired) electrons. The van der Waals surface area contributed by atoms with E-state index < -0.39 is 48.2 Å². The molecule has 3 atom stereocenters. The van der Waals surface area contributed by atoms with Crippen LogP contribution < -0.4 is 16.4 Å². The summed E-state index contributed by atoms with van der Waals surface area (Å²) < 4.78 is 0. The number of anilines is 1. The van der Waals surface area contributed by atoms with Crippen LogP contribution in [0.4, 0.5) is 5.69 Å². The van der Waals surface area contributed by atoms with E-state index in [4.69, 9.17) is 22.4 Å². The van der Waals surface area contributed by atoms with Gasteiger partial charge in [0.1, 0.15) is 18.4 Å². The summed E-state index contributed by atoms with van der Waals surface area (Å²) in [6.07, 6.45) is 0.716. The SMILES string of the molecule is CC(NC(=O)c1ccc(Cl)c(N)c1)C(=O)N1CCCC1C(=O)N[C@H](C=O)CC(=O)O. The molecular weight excluding hydrogens is 416 g/mol. The molecule has 0 spiro atoms. The van der Waals surface area contributed by atoms with Gasteiger partial charge in [0.25, 0.3) is 5.91 Å². The number of carboxylic acids is 1. The number of hydrogen-bond donors (Lipinski definition) is 4. The second-order valence-electron chi connectivity index (χ2n) is 6.97. The van der Waals surface area contributed by atoms with E-state index in [-0.39, 0.29) is 11.3 Å². The third kappa shape index (κ3) is 5.69. The molecule has 3 amide bonds. The Labute approximate surface area is 177 Å². The minimum absolute atomic E-state index is 0.227. The molecule has 1 aliphatic rings. The third-order valence-electron chi connectivity index (χ3n) is 4.70. The van der Waals surface area contributed by atoms with Crippen molar-refractivity contribution in [2.24, 2.45) is 0 Å². The summed E-state index contributed by atoms with van der Waals surface area (Å²) in [6, 6.07) is 1.38. The summed E-state index contributed by atoms with van der Waals surface area (Å²) in [7, 11) is 0. The van der Waals surface area contributed by atoms with E-state index in [1.807, 2.05) is 0 Å². The maximum Gasteiger partial charge on any atom is 0.305 e. The van der Waals surface area contributed by atoms with Gasteiger partial charge in [-0.15, -0.1) is 0 Å². The molecule has 1 aromatic rings. The zero-order valence-corrected chi connectivity index (χ0v) is 17.0. The van der Waals surface area contributed by atoms with Crippen molar-refractivity contribution in [3.05, 3.63) is 28.8 Å². The maximum atomic E-state index is 12.8. The molecule has 0 saturated carbocycles. The largest absolute Gasteiger partial charge is 0.481 e. The van der Waals surface area contributed by atoms with Crippen molar-refractivity contribution in [3.8, 4) is 0 Å². The van der Waals surface area contributed by atoms with Gasteiger partial charge in [-0.25, -0.2) is 0 Å². The number of nitrogens with two attached hydrogens (primary N) is 1. The number of rotatable bonds is 8. The Hall–Kier alpha value is -3.14. The fourth-order valence-corrected chi connectivity index (χ4v) is 3.30. The van der Waals surface area contributed by atoms with Crippen molar-refractivity contribution in [2.75, 3.05) is 12.3 Å². The number of aliphatic carboxylic acids is 1. The van der Waals surface area contributed by atoms with Crippen LogP contribution in [-0.2, 0) is 19.2 Å². The van der Waals surface area contributed by atoms with E-state index in [0.717, 1.165) is 0 Å². The van der Waals surface area contributed by atoms with Crippen LogP contribution in [0.2, 0.25) is 5.02 Å². The van der Waals surface area contributed by atoms with Gasteiger partial charge in [0, 0.05) is 12.1 Å². The van der Waals surface area contributed by atoms with Gasteiger partial charge in [-0.05, 0) is 38.0 Å². The molecular formula is C19H23ClN4O6. The number of benzene rings is 1. The number of carbonyl (C=O) groups excluding carboxylic acids is 4. The highest BCUT2D eigenvalue weighted by atomic mass is 35.5. The Balaban J connectivity index is 2.02. The number of hydrogen-bond acceptors (Lipinski definition) is 6. The number of aldehydes is 1. The van der Waals surface area contributed by atoms with Crippen molar-refractivity contribution in [2.45, 2.75) is 44.3 Å². The lowest BCUT2D eigenvalue weighted by molar-refractivity contribution is -0.141. The van der Waals surface area contributed by atoms with E-state index >= 15 is 0 Å². The normalized spacial score (nSPS) is 17.7. The summed E-state index contributed by atoms with van der Waals surface area (Å²) >= 11 is 5.84. The van der Waals surface area contributed by atoms with Crippen LogP contribution in [0.3, 0.4) is 0 Å². The molecule has 1 heterocycles. The first kappa shape index (κ1) is 23.1. The first-order valence-electron chi connectivity index (χ1n) is 9.27. The Morgan fingerprint density at radius 3 is 2.63 bits per heavy atom. The van der Waals surface area contributed by atoms with Gasteiger partial charge in [0.2, 0.25) is 11.8 Å². The van der Waals surface area contributed by atoms with Crippen LogP contribution in [-0.4, -0.2) is 64.7 Å². The van der Waals surface area contributed by atoms with Gasteiger partial charge in [0.05, 0.1) is 23.2 Å². The molecule has 10 nitrogen and oxygen atoms in total. The number of carboxylic acid groups (broad SMARTS) is 1. The van der Waals surface area contributed by atoms with Gasteiger partial charge >= 0.3 is 5.97 Å². The van der Waals surface area contributed by atoms with Gasteiger partial charge in [-0.1, -0.05) is 11.6 Å². The van der Waals surface area contributed by atoms with E-state index in [2.05, 4.69) is 10.6 Å². The summed E-state index contributed by atoms with van der Waals surface area (Å²) in [5.41, 5.74) is 6.15. The van der Waals surface area contributed by atoms with Crippen LogP contribution in [0.15, 0.2) is 18.2 Å². The Kier molecular flexibility index (Phi) is 7.76. The van der Waals surface area contributed by atoms with Crippen molar-refractivity contribution < 1.29 is 29.1 Å². The highest BCUT2D eigenvalue weighted by molar-refractivity contribution is 6.33. The quantitative estimate of drug-likeness (QED) is 0.333. The zero-order chi connectivity index (χ0) is 22.4. The first-order chi connectivity index (χ1) is 14.1. The molecule has 5 N–H and O–H groups in total. The van der Waals surface area contributed by atoms with Crippen molar-refractivity contribution in [1.82, 2.24) is 15.5 Å². The number of amides is 3. The highest BCUT2D eigenvalue weighted by Crippen LogP contribution is 2.21. The van der Waals surface area contributed by atoms with Gasteiger partial charge in [0.15, 0.2) is 0 Å². The zero-order valence-electron chi connectivity index (χ0n) is 16.3. The highest BCUT2D eigenvalue weighted by Gasteiger charge is 2.37. The summed E-state index contributed by atoms with van der Waals surface area (Å²) in [5.74, 6) is -2.83. The molecule has 1 fully saturated rings. The Bertz CT molecular complexity index is 861. The lowest BCUT2D eigenvalue weighted by atomic mass is 10.1. The molecule has 1 aliphatic heterocycles. The average molecular weight is 439 g/mol. The van der Waals surface area contributed by atoms with Crippen molar-refractivity contribution in [3.63, 3.8) is 0 Å². The fourth-order valence-electron chi connectivity index (χ4n) is 3.18. The molecule has 2 unspecified atom stereocenters. The lowest BCUT2D eigenvalue weighted by Gasteiger charge is -2.27. The number of carbonyl (C=O) groups is 5. The van der Waals surface area contributed by atoms with E-state index in [1.54, 1.807) is 0 Å². The molecule has 0 bridgehead atoms.